The van der Waals surface area contributed by atoms with E-state index < -0.39 is 0 Å². The fourth-order valence-electron chi connectivity index (χ4n) is 11.4. The molecule has 0 heteroatoms. The summed E-state index contributed by atoms with van der Waals surface area (Å²) >= 11 is 0. The second-order valence-electron chi connectivity index (χ2n) is 19.0. The van der Waals surface area contributed by atoms with Crippen LogP contribution in [0.4, 0.5) is 0 Å². The second-order valence-corrected chi connectivity index (χ2v) is 19.0. The van der Waals surface area contributed by atoms with E-state index in [4.69, 9.17) is 0 Å². The number of hydrogen-bond acceptors (Lipinski definition) is 0. The lowest BCUT2D eigenvalue weighted by Crippen LogP contribution is -1.88. The van der Waals surface area contributed by atoms with Crippen LogP contribution >= 0.6 is 0 Å². The van der Waals surface area contributed by atoms with Crippen LogP contribution in [0.5, 0.6) is 0 Å². The van der Waals surface area contributed by atoms with Gasteiger partial charge in [0.25, 0.3) is 0 Å². The molecule has 15 rings (SSSR count). The van der Waals surface area contributed by atoms with E-state index in [1.54, 1.807) is 0 Å². The van der Waals surface area contributed by atoms with E-state index in [1.165, 1.54) is 147 Å². The molecule has 0 saturated carbocycles. The lowest BCUT2D eigenvalue weighted by atomic mass is 9.89. The summed E-state index contributed by atoms with van der Waals surface area (Å²) in [5.41, 5.74) is 11.8. The smallest absolute Gasteiger partial charge is 0.00206 e. The molecule has 324 valence electrons. The van der Waals surface area contributed by atoms with Gasteiger partial charge in [-0.25, -0.2) is 0 Å². The maximum absolute atomic E-state index is 2.28. The van der Waals surface area contributed by atoms with E-state index in [1.807, 2.05) is 0 Å². The molecular weight excluding hydrogens is 829 g/mol. The zero-order valence-electron chi connectivity index (χ0n) is 39.0. The Kier molecular flexibility index (Phi) is 9.63. The predicted molar refractivity (Wildman–Crippen MR) is 301 cm³/mol. The van der Waals surface area contributed by atoms with Crippen molar-refractivity contribution in [2.45, 2.75) is 20.8 Å². The summed E-state index contributed by atoms with van der Waals surface area (Å²) < 4.78 is 0. The van der Waals surface area contributed by atoms with Gasteiger partial charge in [-0.3, -0.25) is 0 Å². The Labute approximate surface area is 402 Å². The third kappa shape index (κ3) is 6.83. The minimum Gasteiger partial charge on any atom is -0.0620 e. The molecule has 0 fully saturated rings. The van der Waals surface area contributed by atoms with Gasteiger partial charge in [-0.15, -0.1) is 0 Å². The second kappa shape index (κ2) is 16.3. The first kappa shape index (κ1) is 40.7. The first-order chi connectivity index (χ1) is 33.9. The molecular formula is C69H48. The third-order valence-electron chi connectivity index (χ3n) is 14.7. The van der Waals surface area contributed by atoms with Crippen LogP contribution < -0.4 is 0 Å². The first-order valence-corrected chi connectivity index (χ1v) is 24.1. The standard InChI is InChI=1S/3C23H16/c1-15-4-2-7-19(14-15)20-12-10-18-9-8-16-5-3-6-17-11-13-21(20)23(18)22(16)17;1-15-5-2-3-8-19(15)20-13-11-18-10-9-16-6-4-7-17-12-14-21(20)23(18)22(16)17;1-15-5-7-16(8-6-15)20-13-11-19-10-9-17-3-2-4-18-12-14-21(20)23(19)22(17)18/h3*2-14H,1H3. The van der Waals surface area contributed by atoms with Crippen LogP contribution in [0.2, 0.25) is 0 Å². The van der Waals surface area contributed by atoms with Crippen molar-refractivity contribution in [1.29, 1.82) is 0 Å². The summed E-state index contributed by atoms with van der Waals surface area (Å²) in [5.74, 6) is 0. The monoisotopic (exact) mass is 876 g/mol. The molecule has 0 aliphatic rings. The Morgan fingerprint density at radius 3 is 1.01 bits per heavy atom. The highest BCUT2D eigenvalue weighted by atomic mass is 14.2. The van der Waals surface area contributed by atoms with Crippen LogP contribution in [-0.2, 0) is 0 Å². The van der Waals surface area contributed by atoms with E-state index in [2.05, 4.69) is 257 Å². The molecule has 15 aromatic rings. The Morgan fingerprint density at radius 2 is 0.565 bits per heavy atom. The molecule has 0 saturated heterocycles. The predicted octanol–water partition coefficient (Wildman–Crippen LogP) is 19.7. The van der Waals surface area contributed by atoms with Crippen molar-refractivity contribution in [2.24, 2.45) is 0 Å². The Balaban J connectivity index is 0.000000102. The summed E-state index contributed by atoms with van der Waals surface area (Å²) in [7, 11) is 0. The molecule has 0 unspecified atom stereocenters. The van der Waals surface area contributed by atoms with Gasteiger partial charge in [0.05, 0.1) is 0 Å². The molecule has 15 aromatic carbocycles. The van der Waals surface area contributed by atoms with Gasteiger partial charge in [0.1, 0.15) is 0 Å². The van der Waals surface area contributed by atoms with Gasteiger partial charge in [0, 0.05) is 0 Å². The summed E-state index contributed by atoms with van der Waals surface area (Å²) in [6.45, 7) is 6.47. The Morgan fingerprint density at radius 1 is 0.203 bits per heavy atom. The van der Waals surface area contributed by atoms with Crippen molar-refractivity contribution in [1.82, 2.24) is 0 Å². The highest BCUT2D eigenvalue weighted by Gasteiger charge is 2.15. The average molecular weight is 877 g/mol. The van der Waals surface area contributed by atoms with Gasteiger partial charge < -0.3 is 0 Å². The van der Waals surface area contributed by atoms with E-state index >= 15 is 0 Å². The summed E-state index contributed by atoms with van der Waals surface area (Å²) in [4.78, 5) is 0. The highest BCUT2D eigenvalue weighted by Crippen LogP contribution is 2.42. The van der Waals surface area contributed by atoms with Crippen molar-refractivity contribution in [2.75, 3.05) is 0 Å². The first-order valence-electron chi connectivity index (χ1n) is 24.1. The summed E-state index contributed by atoms with van der Waals surface area (Å²) in [6, 6.07) is 86.5. The van der Waals surface area contributed by atoms with Crippen LogP contribution in [0, 0.1) is 20.8 Å². The lowest BCUT2D eigenvalue weighted by molar-refractivity contribution is 1.47. The van der Waals surface area contributed by atoms with Gasteiger partial charge in [-0.05, 0) is 157 Å². The average Bonchev–Trinajstić information content (AvgIpc) is 3.39. The minimum atomic E-state index is 1.29. The fraction of sp³-hybridized carbons (Fsp3) is 0.0435. The van der Waals surface area contributed by atoms with Crippen molar-refractivity contribution in [3.8, 4) is 33.4 Å². The molecule has 0 amide bonds. The molecule has 0 atom stereocenters. The molecule has 0 bridgehead atoms. The van der Waals surface area contributed by atoms with Crippen molar-refractivity contribution < 1.29 is 0 Å². The summed E-state index contributed by atoms with van der Waals surface area (Å²) in [5, 5.41) is 24.3. The van der Waals surface area contributed by atoms with E-state index in [0.29, 0.717) is 0 Å². The molecule has 0 heterocycles. The molecule has 0 aromatic heterocycles. The maximum Gasteiger partial charge on any atom is -0.00206 e. The van der Waals surface area contributed by atoms with Gasteiger partial charge >= 0.3 is 0 Å². The molecule has 0 nitrogen and oxygen atoms in total. The van der Waals surface area contributed by atoms with Crippen LogP contribution in [0.15, 0.2) is 237 Å². The zero-order chi connectivity index (χ0) is 46.2. The lowest BCUT2D eigenvalue weighted by Gasteiger charge is -2.15. The summed E-state index contributed by atoms with van der Waals surface area (Å²) in [6.07, 6.45) is 0. The van der Waals surface area contributed by atoms with Crippen molar-refractivity contribution in [3.05, 3.63) is 253 Å². The van der Waals surface area contributed by atoms with Crippen LogP contribution in [0.25, 0.3) is 130 Å². The molecule has 0 radical (unpaired) electrons. The Bertz CT molecular complexity index is 4330. The molecule has 0 N–H and O–H groups in total. The number of hydrogen-bond donors (Lipinski definition) is 0. The number of aryl methyl sites for hydroxylation is 3. The van der Waals surface area contributed by atoms with Gasteiger partial charge in [0.2, 0.25) is 0 Å². The third-order valence-corrected chi connectivity index (χ3v) is 14.7. The highest BCUT2D eigenvalue weighted by molar-refractivity contribution is 6.28. The van der Waals surface area contributed by atoms with Crippen LogP contribution in [0.1, 0.15) is 16.7 Å². The minimum absolute atomic E-state index is 1.29. The topological polar surface area (TPSA) is 0 Å². The quantitative estimate of drug-likeness (QED) is 0.155. The SMILES string of the molecule is Cc1ccc(-c2ccc3ccc4cccc5ccc2c3c45)cc1.Cc1cccc(-c2ccc3ccc4cccc5ccc2c3c45)c1.Cc1ccccc1-c1ccc2ccc3cccc4ccc1c2c34. The van der Waals surface area contributed by atoms with Crippen molar-refractivity contribution in [3.63, 3.8) is 0 Å². The van der Waals surface area contributed by atoms with Gasteiger partial charge in [-0.2, -0.15) is 0 Å². The zero-order valence-corrected chi connectivity index (χ0v) is 39.0. The van der Waals surface area contributed by atoms with Crippen LogP contribution in [-0.4, -0.2) is 0 Å². The fourth-order valence-corrected chi connectivity index (χ4v) is 11.4. The molecule has 0 aliphatic heterocycles. The normalized spacial score (nSPS) is 11.7. The Hall–Kier alpha value is -8.58. The molecule has 69 heavy (non-hydrogen) atoms. The van der Waals surface area contributed by atoms with Gasteiger partial charge in [-0.1, -0.05) is 248 Å². The van der Waals surface area contributed by atoms with Crippen LogP contribution in [0.3, 0.4) is 0 Å². The maximum atomic E-state index is 2.28. The van der Waals surface area contributed by atoms with Crippen molar-refractivity contribution >= 4 is 97.0 Å². The van der Waals surface area contributed by atoms with E-state index in [-0.39, 0.29) is 0 Å². The largest absolute Gasteiger partial charge is 0.0620 e. The molecule has 0 spiro atoms. The van der Waals surface area contributed by atoms with E-state index in [0.717, 1.165) is 0 Å². The van der Waals surface area contributed by atoms with Gasteiger partial charge in [0.15, 0.2) is 0 Å². The molecule has 0 aliphatic carbocycles. The number of rotatable bonds is 3. The number of benzene rings is 15. The van der Waals surface area contributed by atoms with E-state index in [9.17, 15) is 0 Å².